The predicted molar refractivity (Wildman–Crippen MR) is 88.1 cm³/mol. The largest absolute Gasteiger partial charge is 0.322 e. The number of nitrogens with zero attached hydrogens (tertiary/aromatic N) is 2. The standard InChI is InChI=1S/C15H20N4O3S/c1-9-6-7-12(23(21,22)16-4)8-13(9)17-15(20)14-10(2)18-19(5)11(14)3/h6-8,16H,1-5H3,(H,17,20). The highest BCUT2D eigenvalue weighted by molar-refractivity contribution is 7.89. The third kappa shape index (κ3) is 3.27. The highest BCUT2D eigenvalue weighted by Crippen LogP contribution is 2.22. The van der Waals surface area contributed by atoms with Gasteiger partial charge in [-0.25, -0.2) is 13.1 Å². The van der Waals surface area contributed by atoms with E-state index >= 15 is 0 Å². The highest BCUT2D eigenvalue weighted by atomic mass is 32.2. The molecule has 0 radical (unpaired) electrons. The zero-order valence-corrected chi connectivity index (χ0v) is 14.6. The molecule has 2 rings (SSSR count). The Labute approximate surface area is 135 Å². The van der Waals surface area contributed by atoms with Gasteiger partial charge in [0, 0.05) is 18.4 Å². The van der Waals surface area contributed by atoms with Gasteiger partial charge in [0.15, 0.2) is 0 Å². The molecule has 7 nitrogen and oxygen atoms in total. The molecule has 0 spiro atoms. The second-order valence-electron chi connectivity index (χ2n) is 5.31. The van der Waals surface area contributed by atoms with Crippen LogP contribution in [0.1, 0.15) is 27.3 Å². The van der Waals surface area contributed by atoms with E-state index < -0.39 is 10.0 Å². The van der Waals surface area contributed by atoms with Crippen molar-refractivity contribution in [2.45, 2.75) is 25.7 Å². The quantitative estimate of drug-likeness (QED) is 0.885. The number of hydrogen-bond donors (Lipinski definition) is 2. The SMILES string of the molecule is CNS(=O)(=O)c1ccc(C)c(NC(=O)c2c(C)nn(C)c2C)c1. The number of benzene rings is 1. The average molecular weight is 336 g/mol. The minimum absolute atomic E-state index is 0.0977. The van der Waals surface area contributed by atoms with Crippen molar-refractivity contribution in [1.29, 1.82) is 0 Å². The molecule has 0 aliphatic rings. The topological polar surface area (TPSA) is 93.1 Å². The van der Waals surface area contributed by atoms with Crippen LogP contribution in [0.2, 0.25) is 0 Å². The monoisotopic (exact) mass is 336 g/mol. The molecule has 1 heterocycles. The van der Waals surface area contributed by atoms with Crippen LogP contribution >= 0.6 is 0 Å². The van der Waals surface area contributed by atoms with E-state index in [4.69, 9.17) is 0 Å². The second-order valence-corrected chi connectivity index (χ2v) is 7.19. The number of aromatic nitrogens is 2. The van der Waals surface area contributed by atoms with E-state index in [1.165, 1.54) is 19.2 Å². The van der Waals surface area contributed by atoms with Gasteiger partial charge in [-0.2, -0.15) is 5.10 Å². The van der Waals surface area contributed by atoms with Crippen LogP contribution in [-0.4, -0.2) is 31.2 Å². The Balaban J connectivity index is 2.40. The lowest BCUT2D eigenvalue weighted by Crippen LogP contribution is -2.19. The first-order valence-corrected chi connectivity index (χ1v) is 8.51. The molecule has 1 amide bonds. The van der Waals surface area contributed by atoms with E-state index in [0.29, 0.717) is 16.9 Å². The number of carbonyl (C=O) groups is 1. The van der Waals surface area contributed by atoms with Crippen molar-refractivity contribution >= 4 is 21.6 Å². The number of carbonyl (C=O) groups excluding carboxylic acids is 1. The zero-order valence-electron chi connectivity index (χ0n) is 13.8. The van der Waals surface area contributed by atoms with Crippen LogP contribution in [0.4, 0.5) is 5.69 Å². The maximum absolute atomic E-state index is 12.5. The average Bonchev–Trinajstić information content (AvgIpc) is 2.74. The summed E-state index contributed by atoms with van der Waals surface area (Å²) in [5.74, 6) is -0.310. The Morgan fingerprint density at radius 3 is 2.39 bits per heavy atom. The van der Waals surface area contributed by atoms with Crippen LogP contribution in [0.15, 0.2) is 23.1 Å². The van der Waals surface area contributed by atoms with Crippen LogP contribution < -0.4 is 10.0 Å². The Morgan fingerprint density at radius 1 is 1.22 bits per heavy atom. The summed E-state index contributed by atoms with van der Waals surface area (Å²) in [4.78, 5) is 12.6. The van der Waals surface area contributed by atoms with Crippen molar-refractivity contribution in [3.63, 3.8) is 0 Å². The highest BCUT2D eigenvalue weighted by Gasteiger charge is 2.19. The number of anilines is 1. The van der Waals surface area contributed by atoms with Crippen molar-refractivity contribution in [3.8, 4) is 0 Å². The van der Waals surface area contributed by atoms with E-state index in [2.05, 4.69) is 15.1 Å². The van der Waals surface area contributed by atoms with Crippen LogP contribution in [0, 0.1) is 20.8 Å². The molecule has 0 unspecified atom stereocenters. The molecule has 2 N–H and O–H groups in total. The number of sulfonamides is 1. The van der Waals surface area contributed by atoms with Gasteiger partial charge >= 0.3 is 0 Å². The van der Waals surface area contributed by atoms with Crippen LogP contribution in [0.25, 0.3) is 0 Å². The van der Waals surface area contributed by atoms with Crippen LogP contribution in [-0.2, 0) is 17.1 Å². The van der Waals surface area contributed by atoms with E-state index in [0.717, 1.165) is 11.3 Å². The first kappa shape index (κ1) is 17.2. The third-order valence-corrected chi connectivity index (χ3v) is 5.18. The molecule has 0 bridgehead atoms. The lowest BCUT2D eigenvalue weighted by atomic mass is 10.1. The lowest BCUT2D eigenvalue weighted by molar-refractivity contribution is 0.102. The summed E-state index contributed by atoms with van der Waals surface area (Å²) in [6.45, 7) is 5.37. The molecule has 0 aliphatic carbocycles. The molecule has 1 aromatic heterocycles. The van der Waals surface area contributed by atoms with Gasteiger partial charge in [-0.1, -0.05) is 6.07 Å². The normalized spacial score (nSPS) is 11.5. The summed E-state index contributed by atoms with van der Waals surface area (Å²) < 4.78 is 27.7. The van der Waals surface area contributed by atoms with Gasteiger partial charge in [-0.15, -0.1) is 0 Å². The Bertz CT molecular complexity index is 869. The fourth-order valence-electron chi connectivity index (χ4n) is 2.31. The Morgan fingerprint density at radius 2 is 1.87 bits per heavy atom. The summed E-state index contributed by atoms with van der Waals surface area (Å²) in [5, 5.41) is 6.99. The molecule has 0 atom stereocenters. The summed E-state index contributed by atoms with van der Waals surface area (Å²) in [7, 11) is -0.456. The van der Waals surface area contributed by atoms with Gasteiger partial charge in [0.25, 0.3) is 5.91 Å². The van der Waals surface area contributed by atoms with Crippen molar-refractivity contribution in [3.05, 3.63) is 40.7 Å². The first-order valence-electron chi connectivity index (χ1n) is 7.03. The molecule has 0 saturated carbocycles. The smallest absolute Gasteiger partial charge is 0.259 e. The molecular weight excluding hydrogens is 316 g/mol. The molecule has 1 aromatic carbocycles. The van der Waals surface area contributed by atoms with E-state index in [1.54, 1.807) is 31.6 Å². The molecule has 23 heavy (non-hydrogen) atoms. The Kier molecular flexibility index (Phi) is 4.58. The summed E-state index contributed by atoms with van der Waals surface area (Å²) >= 11 is 0. The molecule has 124 valence electrons. The number of rotatable bonds is 4. The van der Waals surface area contributed by atoms with Gasteiger partial charge in [-0.05, 0) is 45.5 Å². The fourth-order valence-corrected chi connectivity index (χ4v) is 3.06. The maximum atomic E-state index is 12.5. The van der Waals surface area contributed by atoms with Crippen LogP contribution in [0.3, 0.4) is 0 Å². The van der Waals surface area contributed by atoms with Gasteiger partial charge in [0.05, 0.1) is 16.2 Å². The fraction of sp³-hybridized carbons (Fsp3) is 0.333. The molecule has 2 aromatic rings. The van der Waals surface area contributed by atoms with E-state index in [1.807, 2.05) is 6.92 Å². The van der Waals surface area contributed by atoms with E-state index in [9.17, 15) is 13.2 Å². The second kappa shape index (κ2) is 6.13. The molecule has 0 fully saturated rings. The van der Waals surface area contributed by atoms with Crippen LogP contribution in [0.5, 0.6) is 0 Å². The zero-order chi connectivity index (χ0) is 17.4. The Hall–Kier alpha value is -2.19. The summed E-state index contributed by atoms with van der Waals surface area (Å²) in [5.41, 5.74) is 3.09. The summed E-state index contributed by atoms with van der Waals surface area (Å²) in [6, 6.07) is 4.60. The van der Waals surface area contributed by atoms with Gasteiger partial charge in [-0.3, -0.25) is 9.48 Å². The maximum Gasteiger partial charge on any atom is 0.259 e. The number of hydrogen-bond acceptors (Lipinski definition) is 4. The van der Waals surface area contributed by atoms with Crippen molar-refractivity contribution in [2.75, 3.05) is 12.4 Å². The number of amides is 1. The van der Waals surface area contributed by atoms with Gasteiger partial charge in [0.1, 0.15) is 0 Å². The minimum Gasteiger partial charge on any atom is -0.322 e. The minimum atomic E-state index is -3.57. The number of nitrogens with one attached hydrogen (secondary N) is 2. The third-order valence-electron chi connectivity index (χ3n) is 3.77. The lowest BCUT2D eigenvalue weighted by Gasteiger charge is -2.11. The van der Waals surface area contributed by atoms with Gasteiger partial charge < -0.3 is 5.32 Å². The van der Waals surface area contributed by atoms with E-state index in [-0.39, 0.29) is 10.8 Å². The molecular formula is C15H20N4O3S. The van der Waals surface area contributed by atoms with Gasteiger partial charge in [0.2, 0.25) is 10.0 Å². The molecule has 0 aliphatic heterocycles. The molecule has 8 heteroatoms. The predicted octanol–water partition coefficient (Wildman–Crippen LogP) is 1.51. The summed E-state index contributed by atoms with van der Waals surface area (Å²) in [6.07, 6.45) is 0. The van der Waals surface area contributed by atoms with Crippen molar-refractivity contribution < 1.29 is 13.2 Å². The molecule has 0 saturated heterocycles. The van der Waals surface area contributed by atoms with Crippen molar-refractivity contribution in [2.24, 2.45) is 7.05 Å². The first-order chi connectivity index (χ1) is 10.7. The number of aryl methyl sites for hydroxylation is 3. The van der Waals surface area contributed by atoms with Crippen molar-refractivity contribution in [1.82, 2.24) is 14.5 Å².